The lowest BCUT2D eigenvalue weighted by molar-refractivity contribution is -0.142. The summed E-state index contributed by atoms with van der Waals surface area (Å²) in [5.41, 5.74) is 2.86. The molecule has 2 atom stereocenters. The average molecular weight is 555 g/mol. The smallest absolute Gasteiger partial charge is 0.307 e. The highest BCUT2D eigenvalue weighted by Gasteiger charge is 2.22. The lowest BCUT2D eigenvalue weighted by Gasteiger charge is -2.14. The molecule has 38 heavy (non-hydrogen) atoms. The second-order valence-corrected chi connectivity index (χ2v) is 10.3. The molecule has 210 valence electrons. The molecule has 2 aromatic rings. The van der Waals surface area contributed by atoms with Crippen molar-refractivity contribution in [3.05, 3.63) is 41.7 Å². The van der Waals surface area contributed by atoms with E-state index in [2.05, 4.69) is 14.8 Å². The van der Waals surface area contributed by atoms with Crippen LogP contribution in [0.2, 0.25) is 0 Å². The third-order valence-electron chi connectivity index (χ3n) is 6.04. The highest BCUT2D eigenvalue weighted by atomic mass is 31.2. The summed E-state index contributed by atoms with van der Waals surface area (Å²) < 4.78 is 18.4. The van der Waals surface area contributed by atoms with Crippen molar-refractivity contribution in [2.75, 3.05) is 33.0 Å². The number of amides is 1. The van der Waals surface area contributed by atoms with Crippen molar-refractivity contribution >= 4 is 26.2 Å². The number of rotatable bonds is 14. The number of carbonyl (C=O) groups excluding carboxylic acids is 1. The van der Waals surface area contributed by atoms with Gasteiger partial charge in [0.25, 0.3) is 0 Å². The minimum absolute atomic E-state index is 0.00736. The molecular formula is C25H36FN4O7P. The molecule has 3 rings (SSSR count). The minimum atomic E-state index is -1.75. The van der Waals surface area contributed by atoms with E-state index in [0.29, 0.717) is 19.3 Å². The maximum absolute atomic E-state index is 12.2. The summed E-state index contributed by atoms with van der Waals surface area (Å²) >= 11 is 0. The average Bonchev–Trinajstić information content (AvgIpc) is 3.61. The Labute approximate surface area is 222 Å². The van der Waals surface area contributed by atoms with Crippen LogP contribution < -0.4 is 0 Å². The zero-order chi connectivity index (χ0) is 27.9. The topological polar surface area (TPSA) is 155 Å². The number of alkyl halides is 1. The predicted molar refractivity (Wildman–Crippen MR) is 139 cm³/mol. The van der Waals surface area contributed by atoms with Crippen LogP contribution in [-0.4, -0.2) is 85.9 Å². The maximum atomic E-state index is 12.2. The van der Waals surface area contributed by atoms with Crippen molar-refractivity contribution in [1.29, 1.82) is 0 Å². The Bertz CT molecular complexity index is 1020. The standard InChI is InChI=1S/C18H23FN4O.C7H13O6P/c19-11-3-4-16-14-23(21-20-16)17-8-5-15(6-9-17)7-10-18(24)22-12-1-2-13-22;1-13-14(12)4-5(7(10)11)2-3-6(8)9/h5-6,8-9,14H,1-4,7,10-13H2;5,12H,2-4H2,1H3,(H,8,9)(H,10,11). The Morgan fingerprint density at radius 3 is 2.37 bits per heavy atom. The summed E-state index contributed by atoms with van der Waals surface area (Å²) in [7, 11) is -0.475. The number of carboxylic acid groups (broad SMARTS) is 2. The van der Waals surface area contributed by atoms with Gasteiger partial charge in [-0.1, -0.05) is 17.3 Å². The first-order valence-corrected chi connectivity index (χ1v) is 13.9. The first-order chi connectivity index (χ1) is 18.2. The van der Waals surface area contributed by atoms with Crippen molar-refractivity contribution in [2.45, 2.75) is 51.4 Å². The van der Waals surface area contributed by atoms with E-state index >= 15 is 0 Å². The van der Waals surface area contributed by atoms with Crippen LogP contribution in [0.4, 0.5) is 4.39 Å². The lowest BCUT2D eigenvalue weighted by Crippen LogP contribution is -2.27. The second-order valence-electron chi connectivity index (χ2n) is 8.89. The van der Waals surface area contributed by atoms with Gasteiger partial charge in [-0.25, -0.2) is 4.68 Å². The summed E-state index contributed by atoms with van der Waals surface area (Å²) in [4.78, 5) is 43.9. The van der Waals surface area contributed by atoms with Gasteiger partial charge in [0.15, 0.2) is 8.38 Å². The molecule has 0 bridgehead atoms. The number of halogens is 1. The second kappa shape index (κ2) is 16.8. The molecular weight excluding hydrogens is 518 g/mol. The van der Waals surface area contributed by atoms with Gasteiger partial charge in [0.05, 0.1) is 30.2 Å². The van der Waals surface area contributed by atoms with Gasteiger partial charge >= 0.3 is 11.9 Å². The highest BCUT2D eigenvalue weighted by Crippen LogP contribution is 2.33. The zero-order valence-corrected chi connectivity index (χ0v) is 22.4. The summed E-state index contributed by atoms with van der Waals surface area (Å²) in [5, 5.41) is 25.2. The predicted octanol–water partition coefficient (Wildman–Crippen LogP) is 3.23. The normalized spacial score (nSPS) is 14.4. The molecule has 0 radical (unpaired) electrons. The molecule has 0 aliphatic carbocycles. The van der Waals surface area contributed by atoms with E-state index < -0.39 is 26.2 Å². The van der Waals surface area contributed by atoms with E-state index in [9.17, 15) is 18.8 Å². The number of hydrogen-bond acceptors (Lipinski definition) is 7. The van der Waals surface area contributed by atoms with Gasteiger partial charge in [-0.15, -0.1) is 5.10 Å². The number of benzene rings is 1. The van der Waals surface area contributed by atoms with Gasteiger partial charge in [-0.05, 0) is 56.2 Å². The molecule has 1 aliphatic heterocycles. The van der Waals surface area contributed by atoms with Gasteiger partial charge in [-0.2, -0.15) is 0 Å². The van der Waals surface area contributed by atoms with Crippen LogP contribution in [0, 0.1) is 5.92 Å². The Kier molecular flexibility index (Phi) is 13.8. The quantitative estimate of drug-likeness (QED) is 0.299. The van der Waals surface area contributed by atoms with Crippen LogP contribution >= 0.6 is 8.38 Å². The van der Waals surface area contributed by atoms with Crippen LogP contribution in [0.1, 0.15) is 49.8 Å². The first-order valence-electron chi connectivity index (χ1n) is 12.5. The molecule has 0 spiro atoms. The van der Waals surface area contributed by atoms with Gasteiger partial charge in [0.1, 0.15) is 0 Å². The Morgan fingerprint density at radius 1 is 1.11 bits per heavy atom. The van der Waals surface area contributed by atoms with Crippen molar-refractivity contribution < 1.29 is 38.4 Å². The van der Waals surface area contributed by atoms with Crippen molar-refractivity contribution in [3.8, 4) is 5.69 Å². The van der Waals surface area contributed by atoms with E-state index in [1.54, 1.807) is 4.68 Å². The molecule has 2 unspecified atom stereocenters. The molecule has 1 saturated heterocycles. The molecule has 1 aromatic heterocycles. The molecule has 1 fully saturated rings. The van der Waals surface area contributed by atoms with Gasteiger partial charge in [-0.3, -0.25) is 18.8 Å². The van der Waals surface area contributed by atoms with Crippen LogP contribution in [-0.2, 0) is 31.7 Å². The lowest BCUT2D eigenvalue weighted by atomic mass is 10.1. The molecule has 0 saturated carbocycles. The Balaban J connectivity index is 0.000000312. The Morgan fingerprint density at radius 2 is 1.79 bits per heavy atom. The fourth-order valence-electron chi connectivity index (χ4n) is 3.83. The number of likely N-dealkylation sites (tertiary alicyclic amines) is 1. The summed E-state index contributed by atoms with van der Waals surface area (Å²) in [5.74, 6) is -2.76. The van der Waals surface area contributed by atoms with E-state index in [1.807, 2.05) is 35.4 Å². The number of aryl methyl sites for hydroxylation is 2. The van der Waals surface area contributed by atoms with Gasteiger partial charge < -0.3 is 24.5 Å². The fraction of sp³-hybridized carbons (Fsp3) is 0.560. The summed E-state index contributed by atoms with van der Waals surface area (Å²) in [6.45, 7) is 1.49. The number of carbonyl (C=O) groups is 3. The number of aliphatic carboxylic acids is 2. The molecule has 1 aromatic carbocycles. The highest BCUT2D eigenvalue weighted by molar-refractivity contribution is 7.46. The van der Waals surface area contributed by atoms with Crippen molar-refractivity contribution in [3.63, 3.8) is 0 Å². The van der Waals surface area contributed by atoms with E-state index in [4.69, 9.17) is 15.1 Å². The minimum Gasteiger partial charge on any atom is -0.481 e. The fourth-order valence-corrected chi connectivity index (χ4v) is 4.70. The number of nitrogens with zero attached hydrogens (tertiary/aromatic N) is 4. The van der Waals surface area contributed by atoms with Crippen molar-refractivity contribution in [2.24, 2.45) is 5.92 Å². The third kappa shape index (κ3) is 11.2. The van der Waals surface area contributed by atoms with Crippen LogP contribution in [0.25, 0.3) is 5.69 Å². The molecule has 13 heteroatoms. The Hall–Kier alpha value is -2.95. The van der Waals surface area contributed by atoms with Crippen molar-refractivity contribution in [1.82, 2.24) is 19.9 Å². The first kappa shape index (κ1) is 31.3. The van der Waals surface area contributed by atoms with Crippen LogP contribution in [0.15, 0.2) is 30.5 Å². The maximum Gasteiger partial charge on any atom is 0.307 e. The number of hydrogen-bond donors (Lipinski definition) is 3. The van der Waals surface area contributed by atoms with Crippen LogP contribution in [0.3, 0.4) is 0 Å². The van der Waals surface area contributed by atoms with E-state index in [0.717, 1.165) is 49.3 Å². The molecule has 1 amide bonds. The zero-order valence-electron chi connectivity index (χ0n) is 21.5. The van der Waals surface area contributed by atoms with Crippen LogP contribution in [0.5, 0.6) is 0 Å². The summed E-state index contributed by atoms with van der Waals surface area (Å²) in [6.07, 6.45) is 6.26. The number of carboxylic acids is 2. The van der Waals surface area contributed by atoms with E-state index in [-0.39, 0.29) is 31.6 Å². The number of aromatic nitrogens is 3. The molecule has 3 N–H and O–H groups in total. The summed E-state index contributed by atoms with van der Waals surface area (Å²) in [6, 6.07) is 8.00. The largest absolute Gasteiger partial charge is 0.481 e. The molecule has 2 heterocycles. The monoisotopic (exact) mass is 554 g/mol. The van der Waals surface area contributed by atoms with Gasteiger partial charge in [0, 0.05) is 39.2 Å². The molecule has 1 aliphatic rings. The SMILES string of the molecule is COP(O)CC(CCC(=O)O)C(=O)O.O=C(CCc1ccc(-n2cc(CCCF)nn2)cc1)N1CCCC1. The van der Waals surface area contributed by atoms with Gasteiger partial charge in [0.2, 0.25) is 5.91 Å². The van der Waals surface area contributed by atoms with E-state index in [1.165, 1.54) is 7.11 Å². The third-order valence-corrected chi connectivity index (χ3v) is 7.21. The molecule has 11 nitrogen and oxygen atoms in total.